The van der Waals surface area contributed by atoms with Crippen molar-refractivity contribution in [1.29, 1.82) is 0 Å². The van der Waals surface area contributed by atoms with Crippen LogP contribution in [-0.2, 0) is 19.4 Å². The summed E-state index contributed by atoms with van der Waals surface area (Å²) in [6.45, 7) is 9.25. The maximum absolute atomic E-state index is 6.02. The number of nitrogens with two attached hydrogens (primary N) is 1. The van der Waals surface area contributed by atoms with Gasteiger partial charge in [0.2, 0.25) is 0 Å². The molecule has 0 bridgehead atoms. The molecular formula is C15H26N4S. The maximum Gasteiger partial charge on any atom is 0.156 e. The minimum atomic E-state index is 0.557. The van der Waals surface area contributed by atoms with Gasteiger partial charge in [0.15, 0.2) is 5.82 Å². The van der Waals surface area contributed by atoms with Crippen LogP contribution in [0.3, 0.4) is 0 Å². The molecule has 1 fully saturated rings. The van der Waals surface area contributed by atoms with Crippen LogP contribution in [0, 0.1) is 0 Å². The first-order chi connectivity index (χ1) is 9.74. The van der Waals surface area contributed by atoms with Crippen molar-refractivity contribution in [3.05, 3.63) is 16.8 Å². The second kappa shape index (κ2) is 7.27. The lowest BCUT2D eigenvalue weighted by Gasteiger charge is -2.34. The van der Waals surface area contributed by atoms with E-state index >= 15 is 0 Å². The summed E-state index contributed by atoms with van der Waals surface area (Å²) in [7, 11) is 0. The number of hydrogen-bond donors (Lipinski definition) is 1. The second-order valence-electron chi connectivity index (χ2n) is 5.19. The lowest BCUT2D eigenvalue weighted by atomic mass is 10.0. The van der Waals surface area contributed by atoms with Crippen molar-refractivity contribution in [2.24, 2.45) is 5.73 Å². The van der Waals surface area contributed by atoms with Gasteiger partial charge in [0, 0.05) is 36.2 Å². The van der Waals surface area contributed by atoms with Crippen LogP contribution in [0.5, 0.6) is 0 Å². The predicted octanol–water partition coefficient (Wildman–Crippen LogP) is 2.39. The summed E-state index contributed by atoms with van der Waals surface area (Å²) in [6, 6.07) is 0. The smallest absolute Gasteiger partial charge is 0.156 e. The molecule has 1 aromatic heterocycles. The Kier molecular flexibility index (Phi) is 5.66. The van der Waals surface area contributed by atoms with Gasteiger partial charge in [0.1, 0.15) is 0 Å². The van der Waals surface area contributed by atoms with Crippen LogP contribution >= 0.6 is 11.8 Å². The molecule has 0 spiro atoms. The molecule has 1 unspecified atom stereocenters. The van der Waals surface area contributed by atoms with Crippen molar-refractivity contribution in [1.82, 2.24) is 10.2 Å². The van der Waals surface area contributed by atoms with Gasteiger partial charge in [-0.3, -0.25) is 0 Å². The largest absolute Gasteiger partial charge is 0.353 e. The quantitative estimate of drug-likeness (QED) is 0.903. The van der Waals surface area contributed by atoms with E-state index in [1.54, 1.807) is 0 Å². The SMILES string of the molecule is CCc1nnc(N2CCSC(CC)C2)c(CN)c1CC. The summed E-state index contributed by atoms with van der Waals surface area (Å²) in [6.07, 6.45) is 3.12. The van der Waals surface area contributed by atoms with E-state index in [2.05, 4.69) is 47.6 Å². The average Bonchev–Trinajstić information content (AvgIpc) is 2.53. The number of nitrogens with zero attached hydrogens (tertiary/aromatic N) is 3. The molecular weight excluding hydrogens is 268 g/mol. The summed E-state index contributed by atoms with van der Waals surface area (Å²) in [5, 5.41) is 9.66. The minimum absolute atomic E-state index is 0.557. The topological polar surface area (TPSA) is 55.0 Å². The van der Waals surface area contributed by atoms with Crippen LogP contribution < -0.4 is 10.6 Å². The molecule has 2 rings (SSSR count). The molecule has 1 atom stereocenters. The normalized spacial score (nSPS) is 19.4. The van der Waals surface area contributed by atoms with E-state index in [0.717, 1.165) is 37.4 Å². The third-order valence-electron chi connectivity index (χ3n) is 4.03. The molecule has 0 amide bonds. The molecule has 112 valence electrons. The fourth-order valence-corrected chi connectivity index (χ4v) is 4.05. The highest BCUT2D eigenvalue weighted by molar-refractivity contribution is 8.00. The first-order valence-electron chi connectivity index (χ1n) is 7.68. The number of anilines is 1. The average molecular weight is 294 g/mol. The Labute approximate surface area is 126 Å². The fraction of sp³-hybridized carbons (Fsp3) is 0.733. The lowest BCUT2D eigenvalue weighted by molar-refractivity contribution is 0.700. The van der Waals surface area contributed by atoms with Gasteiger partial charge in [-0.25, -0.2) is 0 Å². The number of hydrogen-bond acceptors (Lipinski definition) is 5. The van der Waals surface area contributed by atoms with Crippen LogP contribution in [-0.4, -0.2) is 34.3 Å². The highest BCUT2D eigenvalue weighted by Crippen LogP contribution is 2.29. The van der Waals surface area contributed by atoms with Gasteiger partial charge >= 0.3 is 0 Å². The molecule has 0 saturated carbocycles. The van der Waals surface area contributed by atoms with Gasteiger partial charge in [-0.1, -0.05) is 20.8 Å². The van der Waals surface area contributed by atoms with Gasteiger partial charge in [0.05, 0.1) is 5.69 Å². The maximum atomic E-state index is 6.02. The van der Waals surface area contributed by atoms with Crippen LogP contribution in [0.2, 0.25) is 0 Å². The highest BCUT2D eigenvalue weighted by atomic mass is 32.2. The van der Waals surface area contributed by atoms with Crippen molar-refractivity contribution in [2.75, 3.05) is 23.7 Å². The molecule has 0 radical (unpaired) electrons. The Morgan fingerprint density at radius 2 is 2.00 bits per heavy atom. The highest BCUT2D eigenvalue weighted by Gasteiger charge is 2.24. The van der Waals surface area contributed by atoms with E-state index < -0.39 is 0 Å². The van der Waals surface area contributed by atoms with Crippen LogP contribution in [0.1, 0.15) is 44.0 Å². The predicted molar refractivity (Wildman–Crippen MR) is 87.4 cm³/mol. The third-order valence-corrected chi connectivity index (χ3v) is 5.41. The Hall–Kier alpha value is -0.810. The minimum Gasteiger partial charge on any atom is -0.353 e. The van der Waals surface area contributed by atoms with Crippen molar-refractivity contribution in [3.63, 3.8) is 0 Å². The monoisotopic (exact) mass is 294 g/mol. The Morgan fingerprint density at radius 3 is 2.60 bits per heavy atom. The van der Waals surface area contributed by atoms with E-state index in [9.17, 15) is 0 Å². The molecule has 1 aliphatic rings. The fourth-order valence-electron chi connectivity index (χ4n) is 2.87. The Balaban J connectivity index is 2.35. The molecule has 2 heterocycles. The third kappa shape index (κ3) is 3.09. The first-order valence-corrected chi connectivity index (χ1v) is 8.73. The molecule has 4 nitrogen and oxygen atoms in total. The second-order valence-corrected chi connectivity index (χ2v) is 6.59. The van der Waals surface area contributed by atoms with Crippen molar-refractivity contribution in [2.45, 2.75) is 51.8 Å². The van der Waals surface area contributed by atoms with Crippen molar-refractivity contribution >= 4 is 17.6 Å². The molecule has 0 aliphatic carbocycles. The zero-order valence-corrected chi connectivity index (χ0v) is 13.7. The molecule has 5 heteroatoms. The van der Waals surface area contributed by atoms with E-state index in [1.165, 1.54) is 23.3 Å². The van der Waals surface area contributed by atoms with Crippen molar-refractivity contribution < 1.29 is 0 Å². The Morgan fingerprint density at radius 1 is 1.20 bits per heavy atom. The molecule has 1 aliphatic heterocycles. The van der Waals surface area contributed by atoms with E-state index in [1.807, 2.05) is 0 Å². The van der Waals surface area contributed by atoms with Crippen LogP contribution in [0.4, 0.5) is 5.82 Å². The van der Waals surface area contributed by atoms with Gasteiger partial charge in [-0.05, 0) is 24.8 Å². The number of aromatic nitrogens is 2. The van der Waals surface area contributed by atoms with Gasteiger partial charge in [-0.15, -0.1) is 5.10 Å². The number of thioether (sulfide) groups is 1. The molecule has 1 aromatic rings. The zero-order valence-electron chi connectivity index (χ0n) is 12.9. The zero-order chi connectivity index (χ0) is 14.5. The summed E-state index contributed by atoms with van der Waals surface area (Å²) in [5.74, 6) is 2.20. The Bertz CT molecular complexity index is 450. The standard InChI is InChI=1S/C15H26N4S/c1-4-11-10-19(7-8-20-11)15-13(9-16)12(5-2)14(6-3)17-18-15/h11H,4-10,16H2,1-3H3. The molecule has 2 N–H and O–H groups in total. The number of rotatable bonds is 5. The number of aryl methyl sites for hydroxylation is 1. The van der Waals surface area contributed by atoms with E-state index in [4.69, 9.17) is 5.73 Å². The van der Waals surface area contributed by atoms with Crippen LogP contribution in [0.25, 0.3) is 0 Å². The van der Waals surface area contributed by atoms with E-state index in [-0.39, 0.29) is 0 Å². The molecule has 0 aromatic carbocycles. The summed E-state index contributed by atoms with van der Waals surface area (Å²) < 4.78 is 0. The van der Waals surface area contributed by atoms with Gasteiger partial charge < -0.3 is 10.6 Å². The summed E-state index contributed by atoms with van der Waals surface area (Å²) in [5.41, 5.74) is 9.65. The van der Waals surface area contributed by atoms with Crippen LogP contribution in [0.15, 0.2) is 0 Å². The molecule has 1 saturated heterocycles. The summed E-state index contributed by atoms with van der Waals surface area (Å²) in [4.78, 5) is 2.39. The van der Waals surface area contributed by atoms with Gasteiger partial charge in [-0.2, -0.15) is 16.9 Å². The molecule has 20 heavy (non-hydrogen) atoms. The van der Waals surface area contributed by atoms with Gasteiger partial charge in [0.25, 0.3) is 0 Å². The van der Waals surface area contributed by atoms with E-state index in [0.29, 0.717) is 11.8 Å². The van der Waals surface area contributed by atoms with Crippen molar-refractivity contribution in [3.8, 4) is 0 Å². The summed E-state index contributed by atoms with van der Waals surface area (Å²) >= 11 is 2.07. The first kappa shape index (κ1) is 15.6. The lowest BCUT2D eigenvalue weighted by Crippen LogP contribution is -2.39.